The fourth-order valence-electron chi connectivity index (χ4n) is 1.08. The molecule has 3 N–H and O–H groups in total. The predicted molar refractivity (Wildman–Crippen MR) is 77.2 cm³/mol. The highest BCUT2D eigenvalue weighted by Crippen LogP contribution is 2.21. The first-order valence-electron chi connectivity index (χ1n) is 6.22. The Kier molecular flexibility index (Phi) is 6.86. The van der Waals surface area contributed by atoms with Gasteiger partial charge in [-0.3, -0.25) is 4.79 Å². The van der Waals surface area contributed by atoms with Crippen LogP contribution in [0, 0.1) is 10.8 Å². The maximum absolute atomic E-state index is 11.8. The van der Waals surface area contributed by atoms with E-state index in [1.807, 2.05) is 0 Å². The first-order valence-corrected chi connectivity index (χ1v) is 7.37. The molecule has 1 amide bonds. The summed E-state index contributed by atoms with van der Waals surface area (Å²) in [7, 11) is 0. The second kappa shape index (κ2) is 7.14. The average molecular weight is 291 g/mol. The van der Waals surface area contributed by atoms with Crippen molar-refractivity contribution in [3.63, 3.8) is 0 Å². The third kappa shape index (κ3) is 7.42. The molecular formula is C13H25NO4S. The zero-order valence-corrected chi connectivity index (χ0v) is 13.1. The van der Waals surface area contributed by atoms with E-state index in [0.29, 0.717) is 5.75 Å². The van der Waals surface area contributed by atoms with Crippen LogP contribution in [0.5, 0.6) is 0 Å². The number of nitrogens with one attached hydrogen (secondary N) is 1. The Bertz CT molecular complexity index is 323. The maximum Gasteiger partial charge on any atom is 0.327 e. The summed E-state index contributed by atoms with van der Waals surface area (Å²) in [4.78, 5) is 22.9. The van der Waals surface area contributed by atoms with Gasteiger partial charge in [-0.05, 0) is 25.0 Å². The van der Waals surface area contributed by atoms with E-state index < -0.39 is 23.3 Å². The van der Waals surface area contributed by atoms with E-state index in [1.165, 1.54) is 11.8 Å². The van der Waals surface area contributed by atoms with Crippen LogP contribution in [-0.2, 0) is 9.59 Å². The smallest absolute Gasteiger partial charge is 0.327 e. The molecule has 112 valence electrons. The van der Waals surface area contributed by atoms with Crippen LogP contribution in [0.1, 0.15) is 34.6 Å². The van der Waals surface area contributed by atoms with E-state index >= 15 is 0 Å². The molecule has 0 saturated heterocycles. The van der Waals surface area contributed by atoms with Gasteiger partial charge in [0, 0.05) is 5.75 Å². The lowest BCUT2D eigenvalue weighted by atomic mass is 9.93. The number of thioether (sulfide) groups is 1. The summed E-state index contributed by atoms with van der Waals surface area (Å²) in [5.74, 6) is -0.363. The third-order valence-corrected chi connectivity index (χ3v) is 4.07. The van der Waals surface area contributed by atoms with Gasteiger partial charge >= 0.3 is 5.97 Å². The molecule has 0 aliphatic rings. The molecule has 0 bridgehead atoms. The lowest BCUT2D eigenvalue weighted by molar-refractivity contribution is -0.143. The third-order valence-electron chi connectivity index (χ3n) is 2.43. The number of aliphatic hydroxyl groups is 1. The Hall–Kier alpha value is -0.750. The summed E-state index contributed by atoms with van der Waals surface area (Å²) >= 11 is 1.50. The first kappa shape index (κ1) is 18.2. The van der Waals surface area contributed by atoms with E-state index in [2.05, 4.69) is 26.1 Å². The molecule has 0 rings (SSSR count). The molecule has 0 aromatic carbocycles. The highest BCUT2D eigenvalue weighted by Gasteiger charge is 2.30. The lowest BCUT2D eigenvalue weighted by Gasteiger charge is -2.24. The van der Waals surface area contributed by atoms with Gasteiger partial charge < -0.3 is 15.5 Å². The minimum Gasteiger partial charge on any atom is -0.480 e. The molecule has 0 aromatic heterocycles. The normalized spacial score (nSPS) is 14.0. The second-order valence-corrected chi connectivity index (χ2v) is 7.51. The largest absolute Gasteiger partial charge is 0.480 e. The van der Waals surface area contributed by atoms with E-state index in [0.717, 1.165) is 5.75 Å². The van der Waals surface area contributed by atoms with Crippen molar-refractivity contribution in [1.82, 2.24) is 5.32 Å². The van der Waals surface area contributed by atoms with Gasteiger partial charge in [-0.15, -0.1) is 0 Å². The molecule has 0 unspecified atom stereocenters. The summed E-state index contributed by atoms with van der Waals surface area (Å²) in [5, 5.41) is 20.7. The molecule has 0 fully saturated rings. The van der Waals surface area contributed by atoms with Crippen molar-refractivity contribution in [3.05, 3.63) is 0 Å². The van der Waals surface area contributed by atoms with Crippen LogP contribution in [0.2, 0.25) is 0 Å². The predicted octanol–water partition coefficient (Wildman–Crippen LogP) is 1.35. The number of hydrogen-bond acceptors (Lipinski definition) is 4. The zero-order chi connectivity index (χ0) is 15.3. The van der Waals surface area contributed by atoms with Crippen molar-refractivity contribution in [2.45, 2.75) is 40.7 Å². The molecule has 0 spiro atoms. The van der Waals surface area contributed by atoms with Crippen molar-refractivity contribution in [3.8, 4) is 0 Å². The molecule has 6 heteroatoms. The molecule has 0 aliphatic carbocycles. The number of aliphatic carboxylic acids is 1. The van der Waals surface area contributed by atoms with Crippen molar-refractivity contribution < 1.29 is 19.8 Å². The number of rotatable bonds is 7. The van der Waals surface area contributed by atoms with Gasteiger partial charge in [-0.1, -0.05) is 20.8 Å². The Morgan fingerprint density at radius 2 is 1.74 bits per heavy atom. The van der Waals surface area contributed by atoms with Crippen LogP contribution in [-0.4, -0.2) is 46.2 Å². The summed E-state index contributed by atoms with van der Waals surface area (Å²) < 4.78 is 0. The highest BCUT2D eigenvalue weighted by atomic mass is 32.2. The summed E-state index contributed by atoms with van der Waals surface area (Å²) in [5.41, 5.74) is -0.857. The molecule has 0 aromatic rings. The maximum atomic E-state index is 11.8. The summed E-state index contributed by atoms with van der Waals surface area (Å²) in [6, 6.07) is -0.925. The summed E-state index contributed by atoms with van der Waals surface area (Å²) in [6.07, 6.45) is 0. The topological polar surface area (TPSA) is 86.6 Å². The van der Waals surface area contributed by atoms with Gasteiger partial charge in [0.1, 0.15) is 6.04 Å². The van der Waals surface area contributed by atoms with Gasteiger partial charge in [0.05, 0.1) is 12.0 Å². The summed E-state index contributed by atoms with van der Waals surface area (Å²) in [6.45, 7) is 9.04. The van der Waals surface area contributed by atoms with Crippen LogP contribution >= 0.6 is 11.8 Å². The number of carbonyl (C=O) groups is 2. The molecule has 0 saturated carbocycles. The van der Waals surface area contributed by atoms with Crippen molar-refractivity contribution in [2.75, 3.05) is 18.1 Å². The van der Waals surface area contributed by atoms with Crippen molar-refractivity contribution >= 4 is 23.6 Å². The van der Waals surface area contributed by atoms with Gasteiger partial charge in [-0.25, -0.2) is 4.79 Å². The number of amides is 1. The van der Waals surface area contributed by atoms with Crippen LogP contribution in [0.25, 0.3) is 0 Å². The molecule has 1 atom stereocenters. The Balaban J connectivity index is 4.44. The molecule has 0 heterocycles. The first-order chi connectivity index (χ1) is 8.49. The van der Waals surface area contributed by atoms with Crippen LogP contribution < -0.4 is 5.32 Å². The number of carboxylic acid groups (broad SMARTS) is 1. The molecular weight excluding hydrogens is 266 g/mol. The molecule has 0 radical (unpaired) electrons. The van der Waals surface area contributed by atoms with Gasteiger partial charge in [0.25, 0.3) is 0 Å². The molecule has 19 heavy (non-hydrogen) atoms. The molecule has 5 nitrogen and oxygen atoms in total. The van der Waals surface area contributed by atoms with E-state index in [-0.39, 0.29) is 12.0 Å². The van der Waals surface area contributed by atoms with E-state index in [9.17, 15) is 9.59 Å². The minimum atomic E-state index is -1.05. The second-order valence-electron chi connectivity index (χ2n) is 6.48. The quantitative estimate of drug-likeness (QED) is 0.659. The number of carboxylic acids is 1. The Morgan fingerprint density at radius 1 is 1.21 bits per heavy atom. The van der Waals surface area contributed by atoms with Crippen LogP contribution in [0.15, 0.2) is 0 Å². The average Bonchev–Trinajstić information content (AvgIpc) is 2.25. The lowest BCUT2D eigenvalue weighted by Crippen LogP contribution is -2.49. The number of carbonyl (C=O) groups excluding carboxylic acids is 1. The monoisotopic (exact) mass is 291 g/mol. The Morgan fingerprint density at radius 3 is 2.11 bits per heavy atom. The fraction of sp³-hybridized carbons (Fsp3) is 0.846. The van der Waals surface area contributed by atoms with Gasteiger partial charge in [0.15, 0.2) is 0 Å². The standard InChI is InChI=1S/C13H25NO4S/c1-12(2,3)8-19-6-9(10(16)17)14-11(18)13(4,5)7-15/h9,15H,6-8H2,1-5H3,(H,14,18)(H,16,17)/t9-/m0/s1. The van der Waals surface area contributed by atoms with E-state index in [4.69, 9.17) is 10.2 Å². The highest BCUT2D eigenvalue weighted by molar-refractivity contribution is 7.99. The van der Waals surface area contributed by atoms with Crippen molar-refractivity contribution in [1.29, 1.82) is 0 Å². The zero-order valence-electron chi connectivity index (χ0n) is 12.3. The van der Waals surface area contributed by atoms with Gasteiger partial charge in [0.2, 0.25) is 5.91 Å². The molecule has 0 aliphatic heterocycles. The van der Waals surface area contributed by atoms with Gasteiger partial charge in [-0.2, -0.15) is 11.8 Å². The fourth-order valence-corrected chi connectivity index (χ4v) is 2.27. The minimum absolute atomic E-state index is 0.113. The van der Waals surface area contributed by atoms with Crippen LogP contribution in [0.4, 0.5) is 0 Å². The number of hydrogen-bond donors (Lipinski definition) is 3. The van der Waals surface area contributed by atoms with Crippen molar-refractivity contribution in [2.24, 2.45) is 10.8 Å². The SMILES string of the molecule is CC(C)(C)CSC[C@H](NC(=O)C(C)(C)CO)C(=O)O. The number of aliphatic hydroxyl groups excluding tert-OH is 1. The Labute approximate surface area is 119 Å². The van der Waals surface area contributed by atoms with Crippen LogP contribution in [0.3, 0.4) is 0 Å². The van der Waals surface area contributed by atoms with E-state index in [1.54, 1.807) is 13.8 Å².